The molecule has 4 rings (SSSR count). The molecule has 0 spiro atoms. The molecule has 4 heterocycles. The molecule has 0 aliphatic carbocycles. The Morgan fingerprint density at radius 1 is 0.265 bits per heavy atom. The summed E-state index contributed by atoms with van der Waals surface area (Å²) in [6.45, 7) is 19.6. The fourth-order valence-electron chi connectivity index (χ4n) is 3.89. The summed E-state index contributed by atoms with van der Waals surface area (Å²) < 4.78 is 0. The third kappa shape index (κ3) is 4.04. The fraction of sp³-hybridized carbons (Fsp3) is 0.385. The number of rotatable bonds is 3. The maximum atomic E-state index is 4.97. The van der Waals surface area contributed by atoms with Crippen molar-refractivity contribution in [1.82, 2.24) is 39.9 Å². The summed E-state index contributed by atoms with van der Waals surface area (Å²) in [6.07, 6.45) is 0. The highest BCUT2D eigenvalue weighted by Crippen LogP contribution is 2.33. The standard InChI is InChI=1S/C26H30N8/c1-11-21(23-18(8)27-12(2)15(5)30-23)33-26(25-20(10)29-14(4)17(7)32-25)34-22(11)24-19(9)28-13(3)16(6)31-24/h1-10H3. The van der Waals surface area contributed by atoms with Crippen LogP contribution in [0.1, 0.15) is 56.8 Å². The second-order valence-corrected chi connectivity index (χ2v) is 8.85. The summed E-state index contributed by atoms with van der Waals surface area (Å²) in [7, 11) is 0. The van der Waals surface area contributed by atoms with Gasteiger partial charge >= 0.3 is 0 Å². The van der Waals surface area contributed by atoms with Gasteiger partial charge in [0.2, 0.25) is 0 Å². The Morgan fingerprint density at radius 2 is 0.559 bits per heavy atom. The summed E-state index contributed by atoms with van der Waals surface area (Å²) in [5.41, 5.74) is 12.1. The van der Waals surface area contributed by atoms with Crippen LogP contribution in [-0.2, 0) is 0 Å². The van der Waals surface area contributed by atoms with Gasteiger partial charge < -0.3 is 0 Å². The SMILES string of the molecule is Cc1nc(C)c(-c2nc(-c3nc(C)c(C)nc3C)c(C)c(-c3nc(C)c(C)nc3C)n2)nc1C. The molecule has 4 aromatic rings. The van der Waals surface area contributed by atoms with Gasteiger partial charge in [-0.05, 0) is 69.2 Å². The van der Waals surface area contributed by atoms with E-state index in [1.807, 2.05) is 69.2 Å². The van der Waals surface area contributed by atoms with Crippen molar-refractivity contribution < 1.29 is 0 Å². The number of hydrogen-bond acceptors (Lipinski definition) is 8. The lowest BCUT2D eigenvalue weighted by Crippen LogP contribution is -2.09. The van der Waals surface area contributed by atoms with Crippen LogP contribution >= 0.6 is 0 Å². The molecule has 0 aliphatic rings. The fourth-order valence-corrected chi connectivity index (χ4v) is 3.89. The lowest BCUT2D eigenvalue weighted by Gasteiger charge is -2.16. The van der Waals surface area contributed by atoms with Crippen LogP contribution in [0, 0.1) is 69.2 Å². The monoisotopic (exact) mass is 454 g/mol. The molecule has 0 atom stereocenters. The van der Waals surface area contributed by atoms with Gasteiger partial charge in [0.25, 0.3) is 0 Å². The zero-order valence-electron chi connectivity index (χ0n) is 21.6. The minimum atomic E-state index is 0.488. The van der Waals surface area contributed by atoms with Gasteiger partial charge in [-0.3, -0.25) is 15.0 Å². The molecular formula is C26H30N8. The van der Waals surface area contributed by atoms with Crippen LogP contribution in [0.5, 0.6) is 0 Å². The number of hydrogen-bond donors (Lipinski definition) is 0. The van der Waals surface area contributed by atoms with Gasteiger partial charge in [-0.1, -0.05) is 0 Å². The van der Waals surface area contributed by atoms with Crippen molar-refractivity contribution in [2.75, 3.05) is 0 Å². The average molecular weight is 455 g/mol. The van der Waals surface area contributed by atoms with Crippen molar-refractivity contribution in [1.29, 1.82) is 0 Å². The Kier molecular flexibility index (Phi) is 5.93. The van der Waals surface area contributed by atoms with E-state index in [1.165, 1.54) is 0 Å². The third-order valence-corrected chi connectivity index (χ3v) is 6.25. The lowest BCUT2D eigenvalue weighted by atomic mass is 10.0. The Labute approximate surface area is 200 Å². The summed E-state index contributed by atoms with van der Waals surface area (Å²) >= 11 is 0. The number of aryl methyl sites for hydroxylation is 9. The molecule has 0 aliphatic heterocycles. The molecule has 0 aromatic carbocycles. The van der Waals surface area contributed by atoms with Gasteiger partial charge in [-0.15, -0.1) is 0 Å². The summed E-state index contributed by atoms with van der Waals surface area (Å²) in [5.74, 6) is 0.488. The van der Waals surface area contributed by atoms with Crippen molar-refractivity contribution in [3.63, 3.8) is 0 Å². The summed E-state index contributed by atoms with van der Waals surface area (Å²) in [4.78, 5) is 38.5. The molecule has 34 heavy (non-hydrogen) atoms. The van der Waals surface area contributed by atoms with Gasteiger partial charge in [-0.2, -0.15) is 0 Å². The molecule has 0 saturated heterocycles. The van der Waals surface area contributed by atoms with Crippen molar-refractivity contribution in [3.8, 4) is 34.3 Å². The molecule has 0 bridgehead atoms. The Bertz CT molecular complexity index is 1380. The van der Waals surface area contributed by atoms with Crippen LogP contribution in [-0.4, -0.2) is 39.9 Å². The van der Waals surface area contributed by atoms with E-state index in [4.69, 9.17) is 34.9 Å². The van der Waals surface area contributed by atoms with E-state index in [2.05, 4.69) is 4.98 Å². The van der Waals surface area contributed by atoms with Crippen LogP contribution in [0.25, 0.3) is 34.3 Å². The topological polar surface area (TPSA) is 103 Å². The van der Waals surface area contributed by atoms with Crippen LogP contribution in [0.2, 0.25) is 0 Å². The van der Waals surface area contributed by atoms with Crippen LogP contribution in [0.3, 0.4) is 0 Å². The summed E-state index contributed by atoms with van der Waals surface area (Å²) in [6, 6.07) is 0. The van der Waals surface area contributed by atoms with Crippen molar-refractivity contribution >= 4 is 0 Å². The van der Waals surface area contributed by atoms with E-state index in [1.54, 1.807) is 0 Å². The zero-order valence-corrected chi connectivity index (χ0v) is 21.6. The Balaban J connectivity index is 2.10. The molecule has 0 fully saturated rings. The lowest BCUT2D eigenvalue weighted by molar-refractivity contribution is 0.966. The van der Waals surface area contributed by atoms with Crippen LogP contribution < -0.4 is 0 Å². The maximum Gasteiger partial charge on any atom is 0.181 e. The first kappa shape index (κ1) is 23.5. The second kappa shape index (κ2) is 8.59. The van der Waals surface area contributed by atoms with Crippen molar-refractivity contribution in [2.45, 2.75) is 69.2 Å². The first-order chi connectivity index (χ1) is 16.0. The van der Waals surface area contributed by atoms with Crippen molar-refractivity contribution in [2.24, 2.45) is 0 Å². The van der Waals surface area contributed by atoms with Gasteiger partial charge in [0, 0.05) is 5.56 Å². The maximum absolute atomic E-state index is 4.97. The largest absolute Gasteiger partial charge is 0.254 e. The van der Waals surface area contributed by atoms with Crippen LogP contribution in [0.15, 0.2) is 0 Å². The highest BCUT2D eigenvalue weighted by Gasteiger charge is 2.23. The van der Waals surface area contributed by atoms with E-state index >= 15 is 0 Å². The Hall–Kier alpha value is -3.68. The highest BCUT2D eigenvalue weighted by molar-refractivity contribution is 5.75. The van der Waals surface area contributed by atoms with E-state index in [0.717, 1.165) is 68.2 Å². The number of aromatic nitrogens is 8. The van der Waals surface area contributed by atoms with E-state index in [0.29, 0.717) is 22.9 Å². The van der Waals surface area contributed by atoms with E-state index in [9.17, 15) is 0 Å². The summed E-state index contributed by atoms with van der Waals surface area (Å²) in [5, 5.41) is 0. The zero-order chi connectivity index (χ0) is 24.9. The minimum Gasteiger partial charge on any atom is -0.254 e. The second-order valence-electron chi connectivity index (χ2n) is 8.85. The molecule has 8 nitrogen and oxygen atoms in total. The first-order valence-corrected chi connectivity index (χ1v) is 11.3. The molecule has 0 radical (unpaired) electrons. The normalized spacial score (nSPS) is 11.2. The van der Waals surface area contributed by atoms with Gasteiger partial charge in [0.1, 0.15) is 17.1 Å². The van der Waals surface area contributed by atoms with Gasteiger partial charge in [0.15, 0.2) is 5.82 Å². The molecule has 0 amide bonds. The van der Waals surface area contributed by atoms with Gasteiger partial charge in [-0.25, -0.2) is 24.9 Å². The highest BCUT2D eigenvalue weighted by atomic mass is 15.0. The van der Waals surface area contributed by atoms with Crippen molar-refractivity contribution in [3.05, 3.63) is 56.8 Å². The Morgan fingerprint density at radius 3 is 0.941 bits per heavy atom. The molecule has 174 valence electrons. The van der Waals surface area contributed by atoms with Gasteiger partial charge in [0.05, 0.1) is 62.6 Å². The quantitative estimate of drug-likeness (QED) is 0.429. The average Bonchev–Trinajstić information content (AvgIpc) is 2.76. The number of nitrogens with zero attached hydrogens (tertiary/aromatic N) is 8. The van der Waals surface area contributed by atoms with E-state index < -0.39 is 0 Å². The predicted octanol–water partition coefficient (Wildman–Crippen LogP) is 4.93. The molecule has 0 N–H and O–H groups in total. The molecule has 8 heteroatoms. The minimum absolute atomic E-state index is 0.488. The van der Waals surface area contributed by atoms with E-state index in [-0.39, 0.29) is 0 Å². The molecular weight excluding hydrogens is 424 g/mol. The molecule has 0 saturated carbocycles. The predicted molar refractivity (Wildman–Crippen MR) is 132 cm³/mol. The first-order valence-electron chi connectivity index (χ1n) is 11.3. The van der Waals surface area contributed by atoms with Crippen LogP contribution in [0.4, 0.5) is 0 Å². The smallest absolute Gasteiger partial charge is 0.181 e. The molecule has 0 unspecified atom stereocenters. The third-order valence-electron chi connectivity index (χ3n) is 6.25. The molecule has 4 aromatic heterocycles.